The quantitative estimate of drug-likeness (QED) is 0.857. The van der Waals surface area contributed by atoms with E-state index < -0.39 is 18.2 Å². The number of nitrogens with two attached hydrogens (primary N) is 1. The lowest BCUT2D eigenvalue weighted by Gasteiger charge is -2.26. The van der Waals surface area contributed by atoms with Crippen molar-refractivity contribution in [3.05, 3.63) is 64.7 Å². The molecule has 0 bridgehead atoms. The van der Waals surface area contributed by atoms with Crippen molar-refractivity contribution in [1.29, 1.82) is 0 Å². The third kappa shape index (κ3) is 3.05. The molecule has 2 aromatic rings. The summed E-state index contributed by atoms with van der Waals surface area (Å²) in [6.07, 6.45) is 0. The number of aliphatic hydroxyl groups is 1. The molecule has 0 aliphatic carbocycles. The van der Waals surface area contributed by atoms with Crippen LogP contribution in [0.2, 0.25) is 5.02 Å². The lowest BCUT2D eigenvalue weighted by molar-refractivity contribution is -0.133. The average molecular weight is 324 g/mol. The number of primary amides is 1. The van der Waals surface area contributed by atoms with Gasteiger partial charge in [0.05, 0.1) is 5.02 Å². The van der Waals surface area contributed by atoms with Crippen LogP contribution in [0.1, 0.15) is 11.1 Å². The van der Waals surface area contributed by atoms with Crippen LogP contribution in [-0.2, 0) is 10.4 Å². The first-order valence-electron chi connectivity index (χ1n) is 6.56. The van der Waals surface area contributed by atoms with Gasteiger partial charge in [-0.15, -0.1) is 0 Å². The average Bonchev–Trinajstić information content (AvgIpc) is 2.53. The summed E-state index contributed by atoms with van der Waals surface area (Å²) in [6, 6.07) is 12.6. The number of benzene rings is 2. The van der Waals surface area contributed by atoms with Crippen molar-refractivity contribution < 1.29 is 19.0 Å². The van der Waals surface area contributed by atoms with Gasteiger partial charge in [0.25, 0.3) is 5.91 Å². The number of ether oxygens (including phenoxy) is 1. The maximum atomic E-state index is 12.1. The summed E-state index contributed by atoms with van der Waals surface area (Å²) < 4.78 is 17.2. The molecule has 4 nitrogen and oxygen atoms in total. The molecule has 116 valence electrons. The first kappa shape index (κ1) is 16.3. The Kier molecular flexibility index (Phi) is 5.00. The van der Waals surface area contributed by atoms with Crippen molar-refractivity contribution in [2.24, 2.45) is 5.73 Å². The van der Waals surface area contributed by atoms with Gasteiger partial charge in [-0.3, -0.25) is 4.79 Å². The van der Waals surface area contributed by atoms with Crippen LogP contribution >= 0.6 is 11.6 Å². The third-order valence-electron chi connectivity index (χ3n) is 3.22. The minimum atomic E-state index is -2.06. The Morgan fingerprint density at radius 2 is 1.95 bits per heavy atom. The zero-order valence-corrected chi connectivity index (χ0v) is 12.4. The molecule has 0 heterocycles. The van der Waals surface area contributed by atoms with E-state index >= 15 is 0 Å². The molecule has 2 rings (SSSR count). The Morgan fingerprint density at radius 3 is 2.50 bits per heavy atom. The van der Waals surface area contributed by atoms with Crippen LogP contribution in [0.5, 0.6) is 5.75 Å². The van der Waals surface area contributed by atoms with E-state index in [9.17, 15) is 14.3 Å². The van der Waals surface area contributed by atoms with Gasteiger partial charge in [0.15, 0.2) is 5.60 Å². The van der Waals surface area contributed by atoms with E-state index in [-0.39, 0.29) is 17.2 Å². The van der Waals surface area contributed by atoms with Crippen LogP contribution in [0.4, 0.5) is 4.39 Å². The highest BCUT2D eigenvalue weighted by atomic mass is 35.5. The minimum absolute atomic E-state index is 0.0986. The highest BCUT2D eigenvalue weighted by Crippen LogP contribution is 2.36. The number of rotatable bonds is 6. The zero-order chi connectivity index (χ0) is 16.2. The maximum absolute atomic E-state index is 12.1. The summed E-state index contributed by atoms with van der Waals surface area (Å²) in [5.41, 5.74) is 3.78. The molecule has 0 aliphatic rings. The van der Waals surface area contributed by atoms with Gasteiger partial charge in [0.1, 0.15) is 19.0 Å². The first-order chi connectivity index (χ1) is 10.5. The van der Waals surface area contributed by atoms with Crippen LogP contribution in [-0.4, -0.2) is 24.3 Å². The van der Waals surface area contributed by atoms with Crippen molar-refractivity contribution in [3.63, 3.8) is 0 Å². The van der Waals surface area contributed by atoms with Crippen LogP contribution in [0.15, 0.2) is 48.5 Å². The molecule has 0 radical (unpaired) electrons. The first-order valence-corrected chi connectivity index (χ1v) is 6.94. The fourth-order valence-corrected chi connectivity index (χ4v) is 2.45. The van der Waals surface area contributed by atoms with Crippen LogP contribution < -0.4 is 10.5 Å². The summed E-state index contributed by atoms with van der Waals surface area (Å²) in [4.78, 5) is 11.9. The molecule has 0 saturated heterocycles. The van der Waals surface area contributed by atoms with Gasteiger partial charge in [0.2, 0.25) is 0 Å². The van der Waals surface area contributed by atoms with Crippen LogP contribution in [0.3, 0.4) is 0 Å². The molecular formula is C16H15ClFNO3. The number of hydrogen-bond acceptors (Lipinski definition) is 3. The molecule has 1 amide bonds. The van der Waals surface area contributed by atoms with Gasteiger partial charge in [-0.25, -0.2) is 4.39 Å². The lowest BCUT2D eigenvalue weighted by atomic mass is 9.85. The van der Waals surface area contributed by atoms with Crippen LogP contribution in [0.25, 0.3) is 0 Å². The molecule has 3 N–H and O–H groups in total. The molecule has 22 heavy (non-hydrogen) atoms. The molecule has 0 aromatic heterocycles. The molecule has 2 aromatic carbocycles. The minimum Gasteiger partial charge on any atom is -0.491 e. The predicted octanol–water partition coefficient (Wildman–Crippen LogP) is 2.41. The molecule has 0 spiro atoms. The smallest absolute Gasteiger partial charge is 0.258 e. The van der Waals surface area contributed by atoms with Crippen LogP contribution in [0, 0.1) is 0 Å². The second-order valence-electron chi connectivity index (χ2n) is 4.62. The largest absolute Gasteiger partial charge is 0.491 e. The summed E-state index contributed by atoms with van der Waals surface area (Å²) in [5, 5.41) is 10.9. The number of halogens is 2. The maximum Gasteiger partial charge on any atom is 0.258 e. The molecule has 0 aliphatic heterocycles. The van der Waals surface area contributed by atoms with Gasteiger partial charge in [-0.05, 0) is 17.7 Å². The molecule has 1 atom stereocenters. The highest BCUT2D eigenvalue weighted by Gasteiger charge is 2.39. The summed E-state index contributed by atoms with van der Waals surface area (Å²) in [6.45, 7) is -0.733. The molecule has 1 unspecified atom stereocenters. The molecular weight excluding hydrogens is 309 g/mol. The summed E-state index contributed by atoms with van der Waals surface area (Å²) in [5.74, 6) is -0.607. The Bertz CT molecular complexity index is 666. The lowest BCUT2D eigenvalue weighted by Crippen LogP contribution is -2.42. The number of carbonyl (C=O) groups excluding carboxylic acids is 1. The van der Waals surface area contributed by atoms with E-state index in [4.69, 9.17) is 22.1 Å². The monoisotopic (exact) mass is 323 g/mol. The zero-order valence-electron chi connectivity index (χ0n) is 11.6. The number of carbonyl (C=O) groups is 1. The van der Waals surface area contributed by atoms with Gasteiger partial charge >= 0.3 is 0 Å². The second-order valence-corrected chi connectivity index (χ2v) is 5.03. The molecule has 6 heteroatoms. The van der Waals surface area contributed by atoms with E-state index in [1.807, 2.05) is 0 Å². The Hall–Kier alpha value is -2.11. The van der Waals surface area contributed by atoms with Gasteiger partial charge in [-0.2, -0.15) is 0 Å². The van der Waals surface area contributed by atoms with Crippen molar-refractivity contribution in [3.8, 4) is 5.75 Å². The van der Waals surface area contributed by atoms with Gasteiger partial charge in [0, 0.05) is 5.56 Å². The topological polar surface area (TPSA) is 72.6 Å². The van der Waals surface area contributed by atoms with E-state index in [1.54, 1.807) is 30.3 Å². The van der Waals surface area contributed by atoms with Crippen molar-refractivity contribution in [2.75, 3.05) is 13.3 Å². The van der Waals surface area contributed by atoms with E-state index in [0.717, 1.165) is 0 Å². The van der Waals surface area contributed by atoms with Crippen molar-refractivity contribution in [2.45, 2.75) is 5.60 Å². The Morgan fingerprint density at radius 1 is 1.27 bits per heavy atom. The predicted molar refractivity (Wildman–Crippen MR) is 81.6 cm³/mol. The SMILES string of the molecule is NC(=O)C(O)(c1ccccc1)c1ccc(OCCF)cc1Cl. The van der Waals surface area contributed by atoms with E-state index in [1.165, 1.54) is 18.2 Å². The van der Waals surface area contributed by atoms with E-state index in [2.05, 4.69) is 0 Å². The van der Waals surface area contributed by atoms with Crippen molar-refractivity contribution in [1.82, 2.24) is 0 Å². The van der Waals surface area contributed by atoms with E-state index in [0.29, 0.717) is 11.3 Å². The normalized spacial score (nSPS) is 13.4. The molecule has 0 saturated carbocycles. The van der Waals surface area contributed by atoms with Crippen molar-refractivity contribution >= 4 is 17.5 Å². The molecule has 0 fully saturated rings. The number of amides is 1. The fourth-order valence-electron chi connectivity index (χ4n) is 2.15. The fraction of sp³-hybridized carbons (Fsp3) is 0.188. The summed E-state index contributed by atoms with van der Waals surface area (Å²) in [7, 11) is 0. The second kappa shape index (κ2) is 6.77. The third-order valence-corrected chi connectivity index (χ3v) is 3.54. The highest BCUT2D eigenvalue weighted by molar-refractivity contribution is 6.32. The summed E-state index contributed by atoms with van der Waals surface area (Å²) >= 11 is 6.15. The van der Waals surface area contributed by atoms with Gasteiger partial charge in [-0.1, -0.05) is 48.0 Å². The Labute approximate surface area is 132 Å². The number of hydrogen-bond donors (Lipinski definition) is 2. The standard InChI is InChI=1S/C16H15ClFNO3/c17-14-10-12(22-9-8-18)6-7-13(14)16(21,15(19)20)11-4-2-1-3-5-11/h1-7,10,21H,8-9H2,(H2,19,20). The number of alkyl halides is 1. The van der Waals surface area contributed by atoms with Gasteiger partial charge < -0.3 is 15.6 Å². The Balaban J connectivity index is 2.48.